The number of benzene rings is 1. The molecule has 1 rings (SSSR count). The van der Waals surface area contributed by atoms with Crippen LogP contribution in [-0.4, -0.2) is 37.5 Å². The smallest absolute Gasteiger partial charge is 0.244 e. The molecule has 1 aromatic carbocycles. The molecule has 0 aliphatic carbocycles. The van der Waals surface area contributed by atoms with Crippen molar-refractivity contribution in [2.75, 3.05) is 28.2 Å². The molecule has 0 N–H and O–H groups in total. The summed E-state index contributed by atoms with van der Waals surface area (Å²) in [7, 11) is 4.63. The predicted octanol–water partition coefficient (Wildman–Crippen LogP) is 2.28. The molecule has 0 fully saturated rings. The highest BCUT2D eigenvalue weighted by Gasteiger charge is 2.29. The topological polar surface area (TPSA) is 23.6 Å². The van der Waals surface area contributed by atoms with Gasteiger partial charge in [-0.05, 0) is 52.5 Å². The van der Waals surface area contributed by atoms with Gasteiger partial charge in [-0.1, -0.05) is 11.6 Å². The summed E-state index contributed by atoms with van der Waals surface area (Å²) in [6, 6.07) is 7.14. The molecule has 0 saturated heterocycles. The van der Waals surface area contributed by atoms with Crippen LogP contribution in [0.15, 0.2) is 24.3 Å². The Hall–Kier alpha value is -0.340. The summed E-state index contributed by atoms with van der Waals surface area (Å²) in [4.78, 5) is 0. The van der Waals surface area contributed by atoms with Gasteiger partial charge in [0.25, 0.3) is 0 Å². The first-order chi connectivity index (χ1) is 6.89. The van der Waals surface area contributed by atoms with Crippen molar-refractivity contribution in [2.24, 2.45) is 0 Å². The van der Waals surface area contributed by atoms with Crippen LogP contribution in [0.3, 0.4) is 0 Å². The molecule has 0 bridgehead atoms. The third-order valence-corrected chi connectivity index (χ3v) is 5.64. The molecule has 15 heavy (non-hydrogen) atoms. The van der Waals surface area contributed by atoms with Crippen molar-refractivity contribution in [3.05, 3.63) is 29.3 Å². The Morgan fingerprint density at radius 2 is 1.40 bits per heavy atom. The average Bonchev–Trinajstić information content (AvgIpc) is 2.17. The van der Waals surface area contributed by atoms with Crippen LogP contribution in [0, 0.1) is 0 Å². The van der Waals surface area contributed by atoms with Crippen LogP contribution < -0.4 is 5.30 Å². The Morgan fingerprint density at radius 1 is 1.00 bits per heavy atom. The van der Waals surface area contributed by atoms with E-state index in [1.165, 1.54) is 0 Å². The average molecular weight is 247 g/mol. The molecule has 0 unspecified atom stereocenters. The summed E-state index contributed by atoms with van der Waals surface area (Å²) < 4.78 is 16.2. The van der Waals surface area contributed by atoms with Gasteiger partial charge in [0.15, 0.2) is 0 Å². The molecule has 0 amide bonds. The van der Waals surface area contributed by atoms with E-state index in [9.17, 15) is 4.57 Å². The van der Waals surface area contributed by atoms with Gasteiger partial charge in [0.2, 0.25) is 7.44 Å². The van der Waals surface area contributed by atoms with Crippen LogP contribution in [0.1, 0.15) is 0 Å². The minimum absolute atomic E-state index is 0.655. The summed E-state index contributed by atoms with van der Waals surface area (Å²) in [6.07, 6.45) is 0. The number of halogens is 1. The summed E-state index contributed by atoms with van der Waals surface area (Å²) in [6.45, 7) is 0. The largest absolute Gasteiger partial charge is 0.284 e. The minimum atomic E-state index is -2.63. The lowest BCUT2D eigenvalue weighted by Gasteiger charge is -2.30. The fourth-order valence-electron chi connectivity index (χ4n) is 1.45. The number of nitrogens with zero attached hydrogens (tertiary/aromatic N) is 2. The van der Waals surface area contributed by atoms with Crippen LogP contribution in [-0.2, 0) is 4.57 Å². The predicted molar refractivity (Wildman–Crippen MR) is 66.1 cm³/mol. The number of hydrogen-bond acceptors (Lipinski definition) is 1. The monoisotopic (exact) mass is 246 g/mol. The van der Waals surface area contributed by atoms with Crippen molar-refractivity contribution in [2.45, 2.75) is 0 Å². The maximum atomic E-state index is 12.7. The van der Waals surface area contributed by atoms with Crippen molar-refractivity contribution in [3.63, 3.8) is 0 Å². The van der Waals surface area contributed by atoms with Gasteiger partial charge in [-0.3, -0.25) is 4.57 Å². The summed E-state index contributed by atoms with van der Waals surface area (Å²) in [5.74, 6) is 0. The molecule has 0 spiro atoms. The maximum Gasteiger partial charge on any atom is 0.244 e. The lowest BCUT2D eigenvalue weighted by atomic mass is 10.4. The molecule has 0 atom stereocenters. The first-order valence-electron chi connectivity index (χ1n) is 4.61. The highest BCUT2D eigenvalue weighted by atomic mass is 35.5. The zero-order chi connectivity index (χ0) is 11.6. The Morgan fingerprint density at radius 3 is 1.73 bits per heavy atom. The molecular formula is C10H16ClN2OP. The van der Waals surface area contributed by atoms with Gasteiger partial charge in [0.1, 0.15) is 0 Å². The fourth-order valence-corrected chi connectivity index (χ4v) is 3.76. The van der Waals surface area contributed by atoms with E-state index in [0.717, 1.165) is 5.30 Å². The normalized spacial score (nSPS) is 12.5. The van der Waals surface area contributed by atoms with Gasteiger partial charge < -0.3 is 0 Å². The first kappa shape index (κ1) is 12.7. The zero-order valence-electron chi connectivity index (χ0n) is 9.44. The lowest BCUT2D eigenvalue weighted by molar-refractivity contribution is 0.460. The second-order valence-electron chi connectivity index (χ2n) is 3.71. The lowest BCUT2D eigenvalue weighted by Crippen LogP contribution is -2.28. The fraction of sp³-hybridized carbons (Fsp3) is 0.400. The Bertz CT molecular complexity index is 364. The zero-order valence-corrected chi connectivity index (χ0v) is 11.1. The van der Waals surface area contributed by atoms with E-state index in [4.69, 9.17) is 11.6 Å². The van der Waals surface area contributed by atoms with Crippen LogP contribution in [0.2, 0.25) is 5.02 Å². The van der Waals surface area contributed by atoms with Gasteiger partial charge in [0, 0.05) is 10.3 Å². The molecule has 84 valence electrons. The van der Waals surface area contributed by atoms with E-state index < -0.39 is 7.44 Å². The van der Waals surface area contributed by atoms with Crippen molar-refractivity contribution in [1.82, 2.24) is 9.34 Å². The number of rotatable bonds is 3. The van der Waals surface area contributed by atoms with E-state index in [-0.39, 0.29) is 0 Å². The second-order valence-corrected chi connectivity index (χ2v) is 7.36. The molecule has 5 heteroatoms. The molecule has 3 nitrogen and oxygen atoms in total. The van der Waals surface area contributed by atoms with Crippen molar-refractivity contribution >= 4 is 24.3 Å². The van der Waals surface area contributed by atoms with Crippen molar-refractivity contribution in [1.29, 1.82) is 0 Å². The summed E-state index contributed by atoms with van der Waals surface area (Å²) >= 11 is 5.80. The Balaban J connectivity index is 3.22. The van der Waals surface area contributed by atoms with Crippen LogP contribution >= 0.6 is 19.0 Å². The van der Waals surface area contributed by atoms with E-state index >= 15 is 0 Å². The quantitative estimate of drug-likeness (QED) is 0.765. The standard InChI is InChI=1S/C10H16ClN2OP/c1-12(2)15(14,13(3)4)10-7-5-9(11)6-8-10/h5-8H,1-4H3. The van der Waals surface area contributed by atoms with Gasteiger partial charge in [0.05, 0.1) is 0 Å². The maximum absolute atomic E-state index is 12.7. The highest BCUT2D eigenvalue weighted by Crippen LogP contribution is 2.47. The molecule has 0 aliphatic heterocycles. The minimum Gasteiger partial charge on any atom is -0.284 e. The molecule has 0 aromatic heterocycles. The van der Waals surface area contributed by atoms with Crippen LogP contribution in [0.25, 0.3) is 0 Å². The SMILES string of the molecule is CN(C)P(=O)(c1ccc(Cl)cc1)N(C)C. The van der Waals surface area contributed by atoms with Gasteiger partial charge in [-0.25, -0.2) is 9.34 Å². The van der Waals surface area contributed by atoms with Crippen LogP contribution in [0.4, 0.5) is 0 Å². The Labute approximate surface area is 96.1 Å². The van der Waals surface area contributed by atoms with Crippen molar-refractivity contribution in [3.8, 4) is 0 Å². The Kier molecular flexibility index (Phi) is 3.96. The summed E-state index contributed by atoms with van der Waals surface area (Å²) in [5.41, 5.74) is 0. The molecule has 0 saturated carbocycles. The van der Waals surface area contributed by atoms with Gasteiger partial charge >= 0.3 is 0 Å². The van der Waals surface area contributed by atoms with E-state index in [2.05, 4.69) is 0 Å². The first-order valence-corrected chi connectivity index (χ1v) is 6.60. The number of hydrogen-bond donors (Lipinski definition) is 0. The molecule has 0 heterocycles. The third-order valence-electron chi connectivity index (χ3n) is 2.25. The highest BCUT2D eigenvalue weighted by molar-refractivity contribution is 7.67. The second kappa shape index (κ2) is 4.67. The molecule has 0 radical (unpaired) electrons. The third kappa shape index (κ3) is 2.43. The molecule has 0 aliphatic rings. The van der Waals surface area contributed by atoms with Gasteiger partial charge in [-0.2, -0.15) is 0 Å². The van der Waals surface area contributed by atoms with E-state index in [1.54, 1.807) is 21.5 Å². The summed E-state index contributed by atoms with van der Waals surface area (Å²) in [5, 5.41) is 1.45. The van der Waals surface area contributed by atoms with E-state index in [1.807, 2.05) is 40.3 Å². The van der Waals surface area contributed by atoms with E-state index in [0.29, 0.717) is 5.02 Å². The molecular weight excluding hydrogens is 231 g/mol. The van der Waals surface area contributed by atoms with Crippen LogP contribution in [0.5, 0.6) is 0 Å². The molecule has 1 aromatic rings. The van der Waals surface area contributed by atoms with Crippen molar-refractivity contribution < 1.29 is 4.57 Å². The van der Waals surface area contributed by atoms with Gasteiger partial charge in [-0.15, -0.1) is 0 Å².